The number of aliphatic imine (C=N–C) groups is 1. The van der Waals surface area contributed by atoms with Gasteiger partial charge in [-0.2, -0.15) is 0 Å². The Balaban J connectivity index is 1.47. The van der Waals surface area contributed by atoms with E-state index >= 15 is 0 Å². The van der Waals surface area contributed by atoms with E-state index in [9.17, 15) is 4.79 Å². The number of nitrogens with two attached hydrogens (primary N) is 1. The van der Waals surface area contributed by atoms with E-state index in [1.54, 1.807) is 0 Å². The predicted molar refractivity (Wildman–Crippen MR) is 99.5 cm³/mol. The molecule has 1 aromatic heterocycles. The number of Topliss-reactive ketones (excluding diaryl/α,β-unsaturated/α-hetero) is 1. The number of methoxy groups -OCH3 is 1. The van der Waals surface area contributed by atoms with Crippen LogP contribution in [0, 0.1) is 5.41 Å². The third kappa shape index (κ3) is 2.44. The fourth-order valence-corrected chi connectivity index (χ4v) is 4.15. The molecule has 2 N–H and O–H groups in total. The van der Waals surface area contributed by atoms with E-state index in [0.717, 1.165) is 29.7 Å². The number of hydrogen-bond donors (Lipinski definition) is 1. The summed E-state index contributed by atoms with van der Waals surface area (Å²) >= 11 is 0. The molecule has 1 saturated carbocycles. The zero-order chi connectivity index (χ0) is 19.4. The molecule has 144 valence electrons. The standard InChI is InChI=1S/C20H20N4O4/c1-26-17-9-22-14(8-23-17)15(25)7-12-2-3-16-13(6-12)20(11-28-18(21)24-20)19(4-5-19)10-27-16/h2-3,6,8-9H,4-5,7,10-11H2,1H3,(H2,21,24). The lowest BCUT2D eigenvalue weighted by atomic mass is 9.74. The number of ether oxygens (including phenoxy) is 3. The Morgan fingerprint density at radius 2 is 2.07 bits per heavy atom. The van der Waals surface area contributed by atoms with E-state index in [2.05, 4.69) is 9.97 Å². The maximum atomic E-state index is 12.6. The molecule has 0 radical (unpaired) electrons. The summed E-state index contributed by atoms with van der Waals surface area (Å²) in [6.45, 7) is 1.02. The summed E-state index contributed by atoms with van der Waals surface area (Å²) in [6.07, 6.45) is 5.12. The van der Waals surface area contributed by atoms with Gasteiger partial charge in [0, 0.05) is 17.4 Å². The van der Waals surface area contributed by atoms with Crippen molar-refractivity contribution in [3.63, 3.8) is 0 Å². The number of rotatable bonds is 4. The van der Waals surface area contributed by atoms with Crippen LogP contribution in [0.3, 0.4) is 0 Å². The lowest BCUT2D eigenvalue weighted by Crippen LogP contribution is -2.44. The highest BCUT2D eigenvalue weighted by atomic mass is 16.5. The SMILES string of the molecule is COc1cnc(C(=O)Cc2ccc3c(c2)C2(COC(N)=N2)C2(CC2)CO3)cn1. The molecule has 1 aromatic carbocycles. The van der Waals surface area contributed by atoms with Gasteiger partial charge in [-0.15, -0.1) is 0 Å². The molecule has 3 heterocycles. The molecule has 0 bridgehead atoms. The minimum absolute atomic E-state index is 0.0643. The number of amidine groups is 1. The summed E-state index contributed by atoms with van der Waals surface area (Å²) in [6, 6.07) is 6.01. The third-order valence-electron chi connectivity index (χ3n) is 5.94. The first kappa shape index (κ1) is 17.0. The monoisotopic (exact) mass is 380 g/mol. The number of nitrogens with zero attached hydrogens (tertiary/aromatic N) is 3. The van der Waals surface area contributed by atoms with Crippen molar-refractivity contribution in [2.24, 2.45) is 16.1 Å². The van der Waals surface area contributed by atoms with Gasteiger partial charge in [-0.1, -0.05) is 6.07 Å². The molecule has 1 unspecified atom stereocenters. The second kappa shape index (κ2) is 5.92. The molecule has 2 aliphatic heterocycles. The van der Waals surface area contributed by atoms with E-state index in [0.29, 0.717) is 24.8 Å². The fraction of sp³-hybridized carbons (Fsp3) is 0.400. The Morgan fingerprint density at radius 3 is 2.71 bits per heavy atom. The van der Waals surface area contributed by atoms with Crippen molar-refractivity contribution in [2.75, 3.05) is 20.3 Å². The molecule has 0 amide bonds. The first-order chi connectivity index (χ1) is 13.6. The van der Waals surface area contributed by atoms with Crippen molar-refractivity contribution in [3.05, 3.63) is 47.4 Å². The molecule has 28 heavy (non-hydrogen) atoms. The number of benzene rings is 1. The minimum atomic E-state index is -0.524. The fourth-order valence-electron chi connectivity index (χ4n) is 4.15. The zero-order valence-corrected chi connectivity index (χ0v) is 15.5. The molecule has 8 nitrogen and oxygen atoms in total. The molecule has 2 spiro atoms. The molecule has 5 rings (SSSR count). The number of ketones is 1. The number of aromatic nitrogens is 2. The second-order valence-electron chi connectivity index (χ2n) is 7.54. The van der Waals surface area contributed by atoms with E-state index in [4.69, 9.17) is 24.9 Å². The van der Waals surface area contributed by atoms with E-state index in [-0.39, 0.29) is 23.6 Å². The molecule has 8 heteroatoms. The summed E-state index contributed by atoms with van der Waals surface area (Å²) in [5.74, 6) is 1.03. The Bertz CT molecular complexity index is 984. The molecule has 3 aliphatic rings. The lowest BCUT2D eigenvalue weighted by Gasteiger charge is -2.39. The van der Waals surface area contributed by atoms with Crippen LogP contribution in [0.5, 0.6) is 11.6 Å². The van der Waals surface area contributed by atoms with Gasteiger partial charge in [0.1, 0.15) is 23.6 Å². The smallest absolute Gasteiger partial charge is 0.283 e. The van der Waals surface area contributed by atoms with Gasteiger partial charge < -0.3 is 19.9 Å². The summed E-state index contributed by atoms with van der Waals surface area (Å²) in [7, 11) is 1.51. The van der Waals surface area contributed by atoms with Crippen LogP contribution in [0.2, 0.25) is 0 Å². The minimum Gasteiger partial charge on any atom is -0.493 e. The lowest BCUT2D eigenvalue weighted by molar-refractivity contribution is 0.0869. The Labute approximate surface area is 161 Å². The van der Waals surface area contributed by atoms with Gasteiger partial charge in [0.15, 0.2) is 5.78 Å². The van der Waals surface area contributed by atoms with Crippen molar-refractivity contribution in [3.8, 4) is 11.6 Å². The van der Waals surface area contributed by atoms with Gasteiger partial charge in [0.05, 0.1) is 26.1 Å². The van der Waals surface area contributed by atoms with Crippen LogP contribution in [-0.2, 0) is 16.7 Å². The molecular weight excluding hydrogens is 360 g/mol. The maximum Gasteiger partial charge on any atom is 0.283 e. The zero-order valence-electron chi connectivity index (χ0n) is 15.5. The van der Waals surface area contributed by atoms with Crippen molar-refractivity contribution in [2.45, 2.75) is 24.8 Å². The van der Waals surface area contributed by atoms with Gasteiger partial charge in [0.2, 0.25) is 5.88 Å². The van der Waals surface area contributed by atoms with Crippen LogP contribution < -0.4 is 15.2 Å². The van der Waals surface area contributed by atoms with Crippen LogP contribution in [0.1, 0.15) is 34.5 Å². The van der Waals surface area contributed by atoms with Crippen LogP contribution >= 0.6 is 0 Å². The molecule has 1 fully saturated rings. The molecular formula is C20H20N4O4. The predicted octanol–water partition coefficient (Wildman–Crippen LogP) is 1.62. The quantitative estimate of drug-likeness (QED) is 0.803. The number of hydrogen-bond acceptors (Lipinski definition) is 8. The molecule has 1 aliphatic carbocycles. The maximum absolute atomic E-state index is 12.6. The van der Waals surface area contributed by atoms with Crippen molar-refractivity contribution >= 4 is 11.8 Å². The Morgan fingerprint density at radius 1 is 1.21 bits per heavy atom. The van der Waals surface area contributed by atoms with Crippen molar-refractivity contribution in [1.82, 2.24) is 9.97 Å². The van der Waals surface area contributed by atoms with E-state index in [1.807, 2.05) is 18.2 Å². The Hall–Kier alpha value is -3.16. The van der Waals surface area contributed by atoms with Crippen molar-refractivity contribution < 1.29 is 19.0 Å². The first-order valence-corrected chi connectivity index (χ1v) is 9.19. The largest absolute Gasteiger partial charge is 0.493 e. The van der Waals surface area contributed by atoms with Gasteiger partial charge >= 0.3 is 0 Å². The van der Waals surface area contributed by atoms with Crippen LogP contribution in [-0.4, -0.2) is 42.1 Å². The summed E-state index contributed by atoms with van der Waals surface area (Å²) in [5.41, 5.74) is 7.39. The number of fused-ring (bicyclic) bond motifs is 3. The van der Waals surface area contributed by atoms with Crippen LogP contribution in [0.15, 0.2) is 35.6 Å². The first-order valence-electron chi connectivity index (χ1n) is 9.19. The van der Waals surface area contributed by atoms with Gasteiger partial charge in [-0.25, -0.2) is 15.0 Å². The average Bonchev–Trinajstić information content (AvgIpc) is 3.41. The van der Waals surface area contributed by atoms with Crippen LogP contribution in [0.4, 0.5) is 0 Å². The van der Waals surface area contributed by atoms with Crippen LogP contribution in [0.25, 0.3) is 0 Å². The highest BCUT2D eigenvalue weighted by Gasteiger charge is 2.66. The molecule has 0 saturated heterocycles. The normalized spacial score (nSPS) is 23.5. The highest BCUT2D eigenvalue weighted by molar-refractivity contribution is 5.95. The van der Waals surface area contributed by atoms with E-state index in [1.165, 1.54) is 19.5 Å². The summed E-state index contributed by atoms with van der Waals surface area (Å²) < 4.78 is 16.6. The van der Waals surface area contributed by atoms with E-state index < -0.39 is 5.54 Å². The number of carbonyl (C=O) groups excluding carboxylic acids is 1. The van der Waals surface area contributed by atoms with Gasteiger partial charge in [-0.05, 0) is 30.5 Å². The number of carbonyl (C=O) groups is 1. The highest BCUT2D eigenvalue weighted by Crippen LogP contribution is 2.65. The second-order valence-corrected chi connectivity index (χ2v) is 7.54. The topological polar surface area (TPSA) is 109 Å². The molecule has 2 aromatic rings. The van der Waals surface area contributed by atoms with Gasteiger partial charge in [-0.3, -0.25) is 4.79 Å². The summed E-state index contributed by atoms with van der Waals surface area (Å²) in [5, 5.41) is 0. The van der Waals surface area contributed by atoms with Gasteiger partial charge in [0.25, 0.3) is 6.02 Å². The average molecular weight is 380 g/mol. The Kier molecular flexibility index (Phi) is 3.59. The molecule has 1 atom stereocenters. The summed E-state index contributed by atoms with van der Waals surface area (Å²) in [4.78, 5) is 25.5. The third-order valence-corrected chi connectivity index (χ3v) is 5.94. The van der Waals surface area contributed by atoms with Crippen molar-refractivity contribution in [1.29, 1.82) is 0 Å².